The Kier molecular flexibility index (Phi) is 11.5. The Labute approximate surface area is 231 Å². The Balaban J connectivity index is 1.84. The summed E-state index contributed by atoms with van der Waals surface area (Å²) in [6, 6.07) is 11.9. The lowest BCUT2D eigenvalue weighted by Gasteiger charge is -2.29. The molecule has 3 N–H and O–H groups in total. The van der Waals surface area contributed by atoms with E-state index in [2.05, 4.69) is 45.7 Å². The smallest absolute Gasteiger partial charge is 0.408 e. The van der Waals surface area contributed by atoms with E-state index in [-0.39, 0.29) is 39.8 Å². The molecule has 1 fully saturated rings. The fourth-order valence-corrected chi connectivity index (χ4v) is 4.83. The van der Waals surface area contributed by atoms with Crippen LogP contribution in [0.15, 0.2) is 46.9 Å². The molecule has 11 heteroatoms. The maximum Gasteiger partial charge on any atom is 0.480 e. The van der Waals surface area contributed by atoms with E-state index in [1.54, 1.807) is 12.1 Å². The maximum atomic E-state index is 13.6. The van der Waals surface area contributed by atoms with Gasteiger partial charge in [-0.1, -0.05) is 67.4 Å². The maximum absolute atomic E-state index is 13.6. The Hall–Kier alpha value is -1.62. The molecule has 194 valence electrons. The molecule has 7 nitrogen and oxygen atoms in total. The van der Waals surface area contributed by atoms with Crippen LogP contribution in [0, 0.1) is 5.92 Å². The number of halogens is 3. The van der Waals surface area contributed by atoms with Crippen molar-refractivity contribution in [1.29, 1.82) is 0 Å². The fourth-order valence-electron chi connectivity index (χ4n) is 3.95. The number of hydrogen-bond acceptors (Lipinski definition) is 5. The Morgan fingerprint density at radius 3 is 2.36 bits per heavy atom. The first kappa shape index (κ1) is 28.9. The van der Waals surface area contributed by atoms with Crippen molar-refractivity contribution in [2.45, 2.75) is 38.7 Å². The van der Waals surface area contributed by atoms with E-state index >= 15 is 0 Å². The SMILES string of the molecule is CC(C)C[C@H](NC(=O)[C@H](Cc1ccccc1)NC(=O)c1c(Cl)ccc(Br)c1Cl)B1OCCNCCO1. The van der Waals surface area contributed by atoms with Gasteiger partial charge in [0, 0.05) is 37.2 Å². The molecule has 2 aromatic carbocycles. The molecule has 0 unspecified atom stereocenters. The highest BCUT2D eigenvalue weighted by molar-refractivity contribution is 9.10. The molecule has 2 aromatic rings. The fraction of sp³-hybridized carbons (Fsp3) is 0.440. The number of carbonyl (C=O) groups is 2. The van der Waals surface area contributed by atoms with Gasteiger partial charge in [0.1, 0.15) is 6.04 Å². The molecule has 1 aliphatic heterocycles. The Bertz CT molecular complexity index is 1020. The number of rotatable bonds is 9. The number of hydrogen-bond donors (Lipinski definition) is 3. The summed E-state index contributed by atoms with van der Waals surface area (Å²) in [6.45, 7) is 6.51. The van der Waals surface area contributed by atoms with Crippen molar-refractivity contribution in [2.24, 2.45) is 5.92 Å². The lowest BCUT2D eigenvalue weighted by atomic mass is 9.73. The van der Waals surface area contributed by atoms with Gasteiger partial charge in [-0.3, -0.25) is 9.59 Å². The molecule has 0 radical (unpaired) electrons. The zero-order chi connectivity index (χ0) is 26.1. The predicted octanol–water partition coefficient (Wildman–Crippen LogP) is 4.29. The third kappa shape index (κ3) is 8.47. The predicted molar refractivity (Wildman–Crippen MR) is 147 cm³/mol. The first-order chi connectivity index (χ1) is 17.3. The molecule has 0 saturated carbocycles. The zero-order valence-electron chi connectivity index (χ0n) is 20.4. The van der Waals surface area contributed by atoms with Gasteiger partial charge in [0.05, 0.1) is 21.5 Å². The molecule has 36 heavy (non-hydrogen) atoms. The van der Waals surface area contributed by atoms with Crippen molar-refractivity contribution in [1.82, 2.24) is 16.0 Å². The van der Waals surface area contributed by atoms with Gasteiger partial charge in [0.25, 0.3) is 5.91 Å². The highest BCUT2D eigenvalue weighted by Crippen LogP contribution is 2.31. The van der Waals surface area contributed by atoms with Gasteiger partial charge < -0.3 is 25.3 Å². The van der Waals surface area contributed by atoms with Gasteiger partial charge in [-0.25, -0.2) is 0 Å². The van der Waals surface area contributed by atoms with Crippen molar-refractivity contribution in [3.63, 3.8) is 0 Å². The monoisotopic (exact) mass is 597 g/mol. The van der Waals surface area contributed by atoms with Gasteiger partial charge in [-0.15, -0.1) is 0 Å². The van der Waals surface area contributed by atoms with Gasteiger partial charge >= 0.3 is 7.12 Å². The number of nitrogens with one attached hydrogen (secondary N) is 3. The van der Waals surface area contributed by atoms with E-state index in [0.29, 0.717) is 37.2 Å². The second-order valence-electron chi connectivity index (χ2n) is 9.04. The minimum atomic E-state index is -0.879. The zero-order valence-corrected chi connectivity index (χ0v) is 23.5. The van der Waals surface area contributed by atoms with Crippen LogP contribution in [0.25, 0.3) is 0 Å². The topological polar surface area (TPSA) is 88.7 Å². The number of carbonyl (C=O) groups excluding carboxylic acids is 2. The molecule has 0 bridgehead atoms. The molecule has 0 aromatic heterocycles. The Morgan fingerprint density at radius 2 is 1.72 bits per heavy atom. The van der Waals surface area contributed by atoms with Gasteiger partial charge in [-0.05, 0) is 46.0 Å². The lowest BCUT2D eigenvalue weighted by Crippen LogP contribution is -2.57. The largest absolute Gasteiger partial charge is 0.480 e. The summed E-state index contributed by atoms with van der Waals surface area (Å²) in [5.74, 6) is -0.976. The summed E-state index contributed by atoms with van der Waals surface area (Å²) >= 11 is 16.0. The Morgan fingerprint density at radius 1 is 1.06 bits per heavy atom. The number of amides is 2. The van der Waals surface area contributed by atoms with E-state index in [0.717, 1.165) is 5.56 Å². The molecule has 2 atom stereocenters. The van der Waals surface area contributed by atoms with Crippen LogP contribution in [0.3, 0.4) is 0 Å². The highest BCUT2D eigenvalue weighted by Gasteiger charge is 2.35. The summed E-state index contributed by atoms with van der Waals surface area (Å²) in [7, 11) is -0.583. The minimum Gasteiger partial charge on any atom is -0.408 e. The van der Waals surface area contributed by atoms with Gasteiger partial charge in [-0.2, -0.15) is 0 Å². The molecular weight excluding hydrogens is 568 g/mol. The molecule has 1 heterocycles. The summed E-state index contributed by atoms with van der Waals surface area (Å²) < 4.78 is 12.4. The van der Waals surface area contributed by atoms with Crippen LogP contribution < -0.4 is 16.0 Å². The first-order valence-electron chi connectivity index (χ1n) is 12.0. The third-order valence-electron chi connectivity index (χ3n) is 5.68. The van der Waals surface area contributed by atoms with Crippen LogP contribution in [0.4, 0.5) is 0 Å². The average Bonchev–Trinajstić information content (AvgIpc) is 2.81. The van der Waals surface area contributed by atoms with Crippen molar-refractivity contribution < 1.29 is 18.9 Å². The van der Waals surface area contributed by atoms with Crippen molar-refractivity contribution in [3.05, 3.63) is 68.1 Å². The lowest BCUT2D eigenvalue weighted by molar-refractivity contribution is -0.123. The highest BCUT2D eigenvalue weighted by atomic mass is 79.9. The van der Waals surface area contributed by atoms with E-state index < -0.39 is 19.1 Å². The summed E-state index contributed by atoms with van der Waals surface area (Å²) in [6.07, 6.45) is 0.936. The molecule has 1 aliphatic rings. The van der Waals surface area contributed by atoms with Crippen LogP contribution in [0.5, 0.6) is 0 Å². The summed E-state index contributed by atoms with van der Waals surface area (Å²) in [4.78, 5) is 26.9. The number of benzene rings is 2. The van der Waals surface area contributed by atoms with Crippen molar-refractivity contribution in [2.75, 3.05) is 26.3 Å². The van der Waals surface area contributed by atoms with E-state index in [1.807, 2.05) is 30.3 Å². The molecule has 3 rings (SSSR count). The van der Waals surface area contributed by atoms with Crippen molar-refractivity contribution in [3.8, 4) is 0 Å². The first-order valence-corrected chi connectivity index (χ1v) is 13.5. The second-order valence-corrected chi connectivity index (χ2v) is 10.7. The van der Waals surface area contributed by atoms with Gasteiger partial charge in [0.2, 0.25) is 5.91 Å². The summed E-state index contributed by atoms with van der Waals surface area (Å²) in [5.41, 5.74) is 1.01. The van der Waals surface area contributed by atoms with E-state index in [1.165, 1.54) is 0 Å². The van der Waals surface area contributed by atoms with Crippen LogP contribution in [0.1, 0.15) is 36.2 Å². The molecular formula is C25H31BBrCl2N3O4. The average molecular weight is 599 g/mol. The molecule has 0 spiro atoms. The quantitative estimate of drug-likeness (QED) is 0.296. The normalized spacial score (nSPS) is 16.1. The van der Waals surface area contributed by atoms with Gasteiger partial charge in [0.15, 0.2) is 0 Å². The van der Waals surface area contributed by atoms with E-state index in [9.17, 15) is 9.59 Å². The second kappa shape index (κ2) is 14.4. The molecule has 0 aliphatic carbocycles. The minimum absolute atomic E-state index is 0.108. The van der Waals surface area contributed by atoms with Crippen LogP contribution in [-0.2, 0) is 20.5 Å². The van der Waals surface area contributed by atoms with Crippen LogP contribution in [-0.4, -0.2) is 57.2 Å². The van der Waals surface area contributed by atoms with Crippen molar-refractivity contribution >= 4 is 58.1 Å². The van der Waals surface area contributed by atoms with Crippen LogP contribution >= 0.6 is 39.1 Å². The van der Waals surface area contributed by atoms with E-state index in [4.69, 9.17) is 32.5 Å². The summed E-state index contributed by atoms with van der Waals surface area (Å²) in [5, 5.41) is 9.52. The van der Waals surface area contributed by atoms with Crippen LogP contribution in [0.2, 0.25) is 10.0 Å². The standard InChI is InChI=1S/C25H31BBrCl2N3O4/c1-16(2)14-21(26-35-12-10-30-11-13-36-26)32-24(33)20(15-17-6-4-3-5-7-17)31-25(34)22-19(28)9-8-18(27)23(22)29/h3-9,16,20-21,30H,10-15H2,1-2H3,(H,31,34)(H,32,33)/t20-,21-/m0/s1. The third-order valence-corrected chi connectivity index (χ3v) is 7.28. The molecule has 1 saturated heterocycles. The molecule has 2 amide bonds.